The third kappa shape index (κ3) is 3.43. The topological polar surface area (TPSA) is 15.3 Å². The van der Waals surface area contributed by atoms with Crippen LogP contribution in [-0.4, -0.2) is 31.1 Å². The van der Waals surface area contributed by atoms with E-state index in [9.17, 15) is 4.39 Å². The van der Waals surface area contributed by atoms with Gasteiger partial charge in [0.05, 0.1) is 5.69 Å². The van der Waals surface area contributed by atoms with E-state index in [-0.39, 0.29) is 5.82 Å². The van der Waals surface area contributed by atoms with Crippen LogP contribution in [0.5, 0.6) is 0 Å². The number of aryl methyl sites for hydroxylation is 1. The highest BCUT2D eigenvalue weighted by atomic mass is 19.1. The molecule has 0 aromatic heterocycles. The first-order valence-corrected chi connectivity index (χ1v) is 6.36. The molecule has 17 heavy (non-hydrogen) atoms. The molecule has 94 valence electrons. The Hall–Kier alpha value is -1.09. The average molecular weight is 236 g/mol. The molecule has 1 unspecified atom stereocenters. The fraction of sp³-hybridized carbons (Fsp3) is 0.571. The maximum absolute atomic E-state index is 13.7. The fourth-order valence-electron chi connectivity index (χ4n) is 2.34. The maximum atomic E-state index is 13.7. The molecule has 2 nitrogen and oxygen atoms in total. The Labute approximate surface area is 103 Å². The summed E-state index contributed by atoms with van der Waals surface area (Å²) in [5, 5.41) is 3.34. The second-order valence-electron chi connectivity index (χ2n) is 5.06. The number of benzene rings is 1. The lowest BCUT2D eigenvalue weighted by Crippen LogP contribution is -2.23. The molecule has 1 aromatic carbocycles. The van der Waals surface area contributed by atoms with Gasteiger partial charge in [-0.15, -0.1) is 0 Å². The van der Waals surface area contributed by atoms with Gasteiger partial charge in [-0.3, -0.25) is 0 Å². The van der Waals surface area contributed by atoms with E-state index in [4.69, 9.17) is 0 Å². The van der Waals surface area contributed by atoms with Crippen LogP contribution in [-0.2, 0) is 0 Å². The molecule has 1 aromatic rings. The van der Waals surface area contributed by atoms with Crippen LogP contribution in [0.25, 0.3) is 0 Å². The van der Waals surface area contributed by atoms with Crippen molar-refractivity contribution in [2.24, 2.45) is 0 Å². The van der Waals surface area contributed by atoms with Crippen molar-refractivity contribution in [3.8, 4) is 0 Å². The molecule has 0 aliphatic carbocycles. The van der Waals surface area contributed by atoms with Crippen molar-refractivity contribution in [3.63, 3.8) is 0 Å². The zero-order valence-corrected chi connectivity index (χ0v) is 10.7. The molecule has 1 aliphatic heterocycles. The van der Waals surface area contributed by atoms with Crippen LogP contribution in [0.3, 0.4) is 0 Å². The summed E-state index contributed by atoms with van der Waals surface area (Å²) in [7, 11) is 2.15. The Kier molecular flexibility index (Phi) is 4.00. The number of anilines is 1. The fourth-order valence-corrected chi connectivity index (χ4v) is 2.34. The molecule has 0 amide bonds. The summed E-state index contributed by atoms with van der Waals surface area (Å²) in [5.41, 5.74) is 1.61. The lowest BCUT2D eigenvalue weighted by atomic mass is 10.1. The molecule has 0 spiro atoms. The van der Waals surface area contributed by atoms with Gasteiger partial charge in [0.25, 0.3) is 0 Å². The van der Waals surface area contributed by atoms with Crippen molar-refractivity contribution in [1.29, 1.82) is 0 Å². The van der Waals surface area contributed by atoms with Gasteiger partial charge in [0, 0.05) is 6.04 Å². The zero-order valence-electron chi connectivity index (χ0n) is 10.7. The van der Waals surface area contributed by atoms with Crippen molar-refractivity contribution in [3.05, 3.63) is 29.6 Å². The van der Waals surface area contributed by atoms with Gasteiger partial charge in [0.1, 0.15) is 5.82 Å². The van der Waals surface area contributed by atoms with E-state index in [1.165, 1.54) is 6.42 Å². The first-order valence-electron chi connectivity index (χ1n) is 6.36. The number of nitrogens with zero attached hydrogens (tertiary/aromatic N) is 1. The van der Waals surface area contributed by atoms with Crippen LogP contribution in [0.2, 0.25) is 0 Å². The number of rotatable bonds is 2. The molecular formula is C14H21FN2. The summed E-state index contributed by atoms with van der Waals surface area (Å²) >= 11 is 0. The zero-order chi connectivity index (χ0) is 12.3. The summed E-state index contributed by atoms with van der Waals surface area (Å²) in [4.78, 5) is 2.34. The van der Waals surface area contributed by atoms with E-state index in [1.54, 1.807) is 6.07 Å². The maximum Gasteiger partial charge on any atom is 0.146 e. The van der Waals surface area contributed by atoms with E-state index in [0.717, 1.165) is 31.5 Å². The molecule has 1 heterocycles. The van der Waals surface area contributed by atoms with Gasteiger partial charge in [-0.1, -0.05) is 6.07 Å². The molecule has 1 atom stereocenters. The van der Waals surface area contributed by atoms with Gasteiger partial charge in [-0.2, -0.15) is 0 Å². The molecule has 0 radical (unpaired) electrons. The van der Waals surface area contributed by atoms with Crippen LogP contribution >= 0.6 is 0 Å². The van der Waals surface area contributed by atoms with E-state index in [2.05, 4.69) is 17.3 Å². The molecular weight excluding hydrogens is 215 g/mol. The van der Waals surface area contributed by atoms with Crippen molar-refractivity contribution in [2.45, 2.75) is 32.2 Å². The van der Waals surface area contributed by atoms with Crippen molar-refractivity contribution >= 4 is 5.69 Å². The molecule has 1 saturated heterocycles. The van der Waals surface area contributed by atoms with Gasteiger partial charge in [0.2, 0.25) is 0 Å². The molecule has 0 saturated carbocycles. The average Bonchev–Trinajstić information content (AvgIpc) is 2.48. The van der Waals surface area contributed by atoms with Crippen molar-refractivity contribution in [2.75, 3.05) is 25.5 Å². The van der Waals surface area contributed by atoms with Crippen LogP contribution < -0.4 is 5.32 Å². The molecule has 1 N–H and O–H groups in total. The first-order chi connectivity index (χ1) is 8.15. The number of hydrogen-bond acceptors (Lipinski definition) is 2. The van der Waals surface area contributed by atoms with Crippen LogP contribution in [0.4, 0.5) is 10.1 Å². The molecule has 0 bridgehead atoms. The largest absolute Gasteiger partial charge is 0.380 e. The Bertz CT molecular complexity index is 378. The Balaban J connectivity index is 2.00. The lowest BCUT2D eigenvalue weighted by molar-refractivity contribution is 0.348. The monoisotopic (exact) mass is 236 g/mol. The first kappa shape index (κ1) is 12.4. The highest BCUT2D eigenvalue weighted by Crippen LogP contribution is 2.20. The van der Waals surface area contributed by atoms with Gasteiger partial charge >= 0.3 is 0 Å². The Morgan fingerprint density at radius 2 is 2.12 bits per heavy atom. The minimum atomic E-state index is -0.136. The van der Waals surface area contributed by atoms with Gasteiger partial charge in [-0.25, -0.2) is 4.39 Å². The summed E-state index contributed by atoms with van der Waals surface area (Å²) in [5.74, 6) is -0.136. The predicted molar refractivity (Wildman–Crippen MR) is 69.9 cm³/mol. The summed E-state index contributed by atoms with van der Waals surface area (Å²) in [6, 6.07) is 5.79. The van der Waals surface area contributed by atoms with E-state index in [1.807, 2.05) is 19.1 Å². The minimum absolute atomic E-state index is 0.136. The van der Waals surface area contributed by atoms with E-state index in [0.29, 0.717) is 11.7 Å². The highest BCUT2D eigenvalue weighted by Gasteiger charge is 2.15. The van der Waals surface area contributed by atoms with Gasteiger partial charge in [-0.05, 0) is 64.0 Å². The minimum Gasteiger partial charge on any atom is -0.380 e. The Morgan fingerprint density at radius 1 is 1.29 bits per heavy atom. The number of nitrogens with one attached hydrogen (secondary N) is 1. The van der Waals surface area contributed by atoms with Gasteiger partial charge in [0.15, 0.2) is 0 Å². The van der Waals surface area contributed by atoms with E-state index < -0.39 is 0 Å². The Morgan fingerprint density at radius 3 is 2.88 bits per heavy atom. The third-order valence-electron chi connectivity index (χ3n) is 3.44. The van der Waals surface area contributed by atoms with Crippen molar-refractivity contribution < 1.29 is 4.39 Å². The second kappa shape index (κ2) is 5.50. The lowest BCUT2D eigenvalue weighted by Gasteiger charge is -2.18. The summed E-state index contributed by atoms with van der Waals surface area (Å²) in [6.07, 6.45) is 3.39. The normalized spacial score (nSPS) is 22.2. The predicted octanol–water partition coefficient (Wildman–Crippen LogP) is 3.03. The van der Waals surface area contributed by atoms with Crippen LogP contribution in [0.1, 0.15) is 24.8 Å². The quantitative estimate of drug-likeness (QED) is 0.849. The molecule has 2 rings (SSSR count). The smallest absolute Gasteiger partial charge is 0.146 e. The van der Waals surface area contributed by atoms with Crippen molar-refractivity contribution in [1.82, 2.24) is 4.90 Å². The van der Waals surface area contributed by atoms with E-state index >= 15 is 0 Å². The molecule has 1 fully saturated rings. The highest BCUT2D eigenvalue weighted by molar-refractivity contribution is 5.46. The summed E-state index contributed by atoms with van der Waals surface area (Å²) < 4.78 is 13.7. The number of likely N-dealkylation sites (tertiary alicyclic amines) is 1. The van der Waals surface area contributed by atoms with Crippen LogP contribution in [0.15, 0.2) is 18.2 Å². The number of halogens is 1. The SMILES string of the molecule is Cc1ccc(NC2CCCN(C)CC2)c(F)c1. The third-order valence-corrected chi connectivity index (χ3v) is 3.44. The molecule has 3 heteroatoms. The number of hydrogen-bond donors (Lipinski definition) is 1. The standard InChI is InChI=1S/C14H21FN2/c1-11-5-6-14(13(15)10-11)16-12-4-3-8-17(2)9-7-12/h5-6,10,12,16H,3-4,7-9H2,1-2H3. The van der Waals surface area contributed by atoms with Crippen LogP contribution in [0, 0.1) is 12.7 Å². The summed E-state index contributed by atoms with van der Waals surface area (Å²) in [6.45, 7) is 4.15. The second-order valence-corrected chi connectivity index (χ2v) is 5.06. The van der Waals surface area contributed by atoms with Gasteiger partial charge < -0.3 is 10.2 Å². The molecule has 1 aliphatic rings.